The molecule has 0 N–H and O–H groups in total. The third-order valence-corrected chi connectivity index (χ3v) is 6.13. The maximum atomic E-state index is 5.81. The van der Waals surface area contributed by atoms with Crippen molar-refractivity contribution in [2.24, 2.45) is 13.0 Å². The quantitative estimate of drug-likeness (QED) is 0.725. The highest BCUT2D eigenvalue weighted by molar-refractivity contribution is 7.18. The summed E-state index contributed by atoms with van der Waals surface area (Å²) in [7, 11) is 2.03. The van der Waals surface area contributed by atoms with E-state index in [0.29, 0.717) is 12.0 Å². The van der Waals surface area contributed by atoms with Gasteiger partial charge in [-0.25, -0.2) is 4.98 Å². The highest BCUT2D eigenvalue weighted by atomic mass is 32.1. The number of rotatable bonds is 3. The van der Waals surface area contributed by atoms with Crippen molar-refractivity contribution < 1.29 is 4.74 Å². The smallest absolute Gasteiger partial charge is 0.227 e. The van der Waals surface area contributed by atoms with E-state index in [4.69, 9.17) is 4.74 Å². The second kappa shape index (κ2) is 5.93. The zero-order valence-corrected chi connectivity index (χ0v) is 14.8. The summed E-state index contributed by atoms with van der Waals surface area (Å²) in [5.74, 6) is 2.42. The normalized spacial score (nSPS) is 22.5. The molecule has 0 spiro atoms. The van der Waals surface area contributed by atoms with Crippen molar-refractivity contribution in [3.8, 4) is 21.3 Å². The van der Waals surface area contributed by atoms with Gasteiger partial charge in [0.05, 0.1) is 11.0 Å². The fraction of sp³-hybridized carbons (Fsp3) is 0.389. The molecule has 2 aliphatic heterocycles. The Kier molecular flexibility index (Phi) is 3.57. The summed E-state index contributed by atoms with van der Waals surface area (Å²) in [5.41, 5.74) is 1.13. The fourth-order valence-corrected chi connectivity index (χ4v) is 4.69. The molecule has 1 aromatic carbocycles. The average Bonchev–Trinajstić information content (AvgIpc) is 3.38. The zero-order chi connectivity index (χ0) is 16.8. The van der Waals surface area contributed by atoms with Gasteiger partial charge in [-0.1, -0.05) is 30.3 Å². The number of anilines is 1. The number of hydrogen-bond acceptors (Lipinski definition) is 6. The molecule has 3 aromatic rings. The predicted octanol–water partition coefficient (Wildman–Crippen LogP) is 2.83. The molecule has 128 valence electrons. The average molecular weight is 353 g/mol. The van der Waals surface area contributed by atoms with Crippen molar-refractivity contribution in [1.29, 1.82) is 0 Å². The predicted molar refractivity (Wildman–Crippen MR) is 97.6 cm³/mol. The summed E-state index contributed by atoms with van der Waals surface area (Å²) in [5, 5.41) is 9.88. The van der Waals surface area contributed by atoms with Crippen LogP contribution in [0.1, 0.15) is 6.42 Å². The molecule has 2 fully saturated rings. The molecule has 2 saturated heterocycles. The summed E-state index contributed by atoms with van der Waals surface area (Å²) in [4.78, 5) is 7.89. The third kappa shape index (κ3) is 2.54. The number of thiazole rings is 1. The van der Waals surface area contributed by atoms with Crippen LogP contribution in [0.3, 0.4) is 0 Å². The maximum absolute atomic E-state index is 5.81. The molecule has 7 heteroatoms. The lowest BCUT2D eigenvalue weighted by Gasteiger charge is -2.17. The van der Waals surface area contributed by atoms with Crippen molar-refractivity contribution in [2.45, 2.75) is 12.5 Å². The Labute approximate surface area is 150 Å². The molecular formula is C18H19N5OS. The number of nitrogens with zero attached hydrogens (tertiary/aromatic N) is 5. The third-order valence-electron chi connectivity index (χ3n) is 5.08. The monoisotopic (exact) mass is 353 g/mol. The number of hydrogen-bond donors (Lipinski definition) is 0. The van der Waals surface area contributed by atoms with Gasteiger partial charge in [-0.15, -0.1) is 21.5 Å². The lowest BCUT2D eigenvalue weighted by molar-refractivity contribution is 0.114. The Hall–Kier alpha value is -2.25. The molecule has 5 rings (SSSR count). The van der Waals surface area contributed by atoms with Gasteiger partial charge in [-0.05, 0) is 6.42 Å². The Morgan fingerprint density at radius 1 is 1.16 bits per heavy atom. The number of benzene rings is 1. The summed E-state index contributed by atoms with van der Waals surface area (Å²) < 4.78 is 7.88. The van der Waals surface area contributed by atoms with Crippen molar-refractivity contribution >= 4 is 17.3 Å². The number of ether oxygens (including phenoxy) is 1. The zero-order valence-electron chi connectivity index (χ0n) is 14.0. The van der Waals surface area contributed by atoms with Gasteiger partial charge < -0.3 is 9.64 Å². The maximum Gasteiger partial charge on any atom is 0.227 e. The SMILES string of the molecule is Cn1c(-c2cnc(-c3ccccc3)s2)nnc1N1C[C@@H]2CCO[C@@H]2C1. The van der Waals surface area contributed by atoms with Gasteiger partial charge >= 0.3 is 0 Å². The molecule has 25 heavy (non-hydrogen) atoms. The molecule has 2 aliphatic rings. The fourth-order valence-electron chi connectivity index (χ4n) is 3.74. The largest absolute Gasteiger partial charge is 0.376 e. The Morgan fingerprint density at radius 3 is 2.88 bits per heavy atom. The number of fused-ring (bicyclic) bond motifs is 1. The van der Waals surface area contributed by atoms with E-state index in [1.54, 1.807) is 11.3 Å². The van der Waals surface area contributed by atoms with Gasteiger partial charge in [0.25, 0.3) is 0 Å². The minimum atomic E-state index is 0.355. The topological polar surface area (TPSA) is 56.1 Å². The van der Waals surface area contributed by atoms with Gasteiger partial charge in [0.2, 0.25) is 5.95 Å². The molecule has 0 amide bonds. The summed E-state index contributed by atoms with van der Waals surface area (Å²) in [6, 6.07) is 10.2. The van der Waals surface area contributed by atoms with Crippen LogP contribution >= 0.6 is 11.3 Å². The van der Waals surface area contributed by atoms with Gasteiger partial charge in [-0.3, -0.25) is 4.57 Å². The molecule has 0 radical (unpaired) electrons. The van der Waals surface area contributed by atoms with Crippen LogP contribution in [-0.4, -0.2) is 45.5 Å². The van der Waals surface area contributed by atoms with E-state index in [1.165, 1.54) is 0 Å². The van der Waals surface area contributed by atoms with E-state index in [0.717, 1.165) is 53.3 Å². The summed E-state index contributed by atoms with van der Waals surface area (Å²) in [6.07, 6.45) is 3.40. The van der Waals surface area contributed by atoms with Crippen molar-refractivity contribution in [3.63, 3.8) is 0 Å². The van der Waals surface area contributed by atoms with E-state index < -0.39 is 0 Å². The highest BCUT2D eigenvalue weighted by Gasteiger charge is 2.39. The highest BCUT2D eigenvalue weighted by Crippen LogP contribution is 2.34. The van der Waals surface area contributed by atoms with Crippen LogP contribution < -0.4 is 4.90 Å². The van der Waals surface area contributed by atoms with E-state index in [1.807, 2.05) is 31.4 Å². The van der Waals surface area contributed by atoms with Crippen LogP contribution in [0, 0.1) is 5.92 Å². The molecule has 6 nitrogen and oxygen atoms in total. The van der Waals surface area contributed by atoms with Crippen molar-refractivity contribution in [1.82, 2.24) is 19.7 Å². The van der Waals surface area contributed by atoms with Crippen LogP contribution in [0.2, 0.25) is 0 Å². The second-order valence-corrected chi connectivity index (χ2v) is 7.67. The lowest BCUT2D eigenvalue weighted by atomic mass is 10.1. The Balaban J connectivity index is 1.42. The van der Waals surface area contributed by atoms with Crippen LogP contribution in [0.5, 0.6) is 0 Å². The van der Waals surface area contributed by atoms with E-state index >= 15 is 0 Å². The number of aromatic nitrogens is 4. The minimum absolute atomic E-state index is 0.355. The van der Waals surface area contributed by atoms with Crippen LogP contribution in [0.15, 0.2) is 36.5 Å². The summed E-state index contributed by atoms with van der Waals surface area (Å²) >= 11 is 1.65. The molecule has 0 bridgehead atoms. The first-order valence-corrected chi connectivity index (χ1v) is 9.39. The first kappa shape index (κ1) is 15.0. The van der Waals surface area contributed by atoms with Crippen LogP contribution in [-0.2, 0) is 11.8 Å². The second-order valence-electron chi connectivity index (χ2n) is 6.64. The first-order chi connectivity index (χ1) is 12.3. The van der Waals surface area contributed by atoms with Crippen LogP contribution in [0.4, 0.5) is 5.95 Å². The molecule has 4 heterocycles. The molecule has 2 atom stereocenters. The Morgan fingerprint density at radius 2 is 2.04 bits per heavy atom. The van der Waals surface area contributed by atoms with Crippen molar-refractivity contribution in [2.75, 3.05) is 24.6 Å². The van der Waals surface area contributed by atoms with Gasteiger partial charge in [0.1, 0.15) is 5.01 Å². The standard InChI is InChI=1S/C18H19N5OS/c1-22-16(15-9-19-17(25-15)12-5-3-2-4-6-12)20-21-18(22)23-10-13-7-8-24-14(13)11-23/h2-6,9,13-14H,7-8,10-11H2,1H3/t13-,14+/m0/s1. The van der Waals surface area contributed by atoms with E-state index in [9.17, 15) is 0 Å². The molecular weight excluding hydrogens is 334 g/mol. The van der Waals surface area contributed by atoms with E-state index in [-0.39, 0.29) is 0 Å². The van der Waals surface area contributed by atoms with Crippen molar-refractivity contribution in [3.05, 3.63) is 36.5 Å². The van der Waals surface area contributed by atoms with E-state index in [2.05, 4.69) is 36.8 Å². The lowest BCUT2D eigenvalue weighted by Crippen LogP contribution is -2.25. The van der Waals surface area contributed by atoms with Gasteiger partial charge in [0, 0.05) is 44.4 Å². The minimum Gasteiger partial charge on any atom is -0.376 e. The summed E-state index contributed by atoms with van der Waals surface area (Å²) in [6.45, 7) is 2.82. The molecule has 0 unspecified atom stereocenters. The Bertz CT molecular complexity index is 878. The molecule has 0 saturated carbocycles. The van der Waals surface area contributed by atoms with Crippen LogP contribution in [0.25, 0.3) is 21.3 Å². The van der Waals surface area contributed by atoms with Gasteiger partial charge in [-0.2, -0.15) is 0 Å². The molecule has 0 aliphatic carbocycles. The first-order valence-electron chi connectivity index (χ1n) is 8.57. The van der Waals surface area contributed by atoms with Gasteiger partial charge in [0.15, 0.2) is 5.82 Å². The molecule has 2 aromatic heterocycles.